The fourth-order valence-electron chi connectivity index (χ4n) is 5.10. The molecule has 1 N–H and O–H groups in total. The van der Waals surface area contributed by atoms with E-state index in [1.807, 2.05) is 4.57 Å². The smallest absolute Gasteiger partial charge is 0.251 e. The van der Waals surface area contributed by atoms with Gasteiger partial charge in [-0.05, 0) is 48.1 Å². The van der Waals surface area contributed by atoms with Gasteiger partial charge in [-0.2, -0.15) is 0 Å². The van der Waals surface area contributed by atoms with Gasteiger partial charge in [0.25, 0.3) is 11.5 Å². The highest BCUT2D eigenvalue weighted by molar-refractivity contribution is 5.96. The number of rotatable bonds is 5. The standard InChI is InChI=1S/C24H31N3O3/c1-15(2)11-26-12-16-7-19(14-26)21-9-18(10-23(28)27(21)13-16)20-8-17(24(29)25-3)5-6-22(20)30-4/h5-6,8-10,15-16,19H,7,11-14H2,1-4H3,(H,25,29)/t16-,19+/m0/s1. The van der Waals surface area contributed by atoms with Crippen molar-refractivity contribution in [1.29, 1.82) is 0 Å². The number of fused-ring (bicyclic) bond motifs is 4. The van der Waals surface area contributed by atoms with Crippen molar-refractivity contribution < 1.29 is 9.53 Å². The summed E-state index contributed by atoms with van der Waals surface area (Å²) in [5, 5.41) is 2.66. The zero-order chi connectivity index (χ0) is 21.4. The molecule has 0 radical (unpaired) electrons. The van der Waals surface area contributed by atoms with Gasteiger partial charge in [-0.1, -0.05) is 13.8 Å². The molecule has 1 fully saturated rings. The van der Waals surface area contributed by atoms with Crippen molar-refractivity contribution in [1.82, 2.24) is 14.8 Å². The second kappa shape index (κ2) is 8.26. The van der Waals surface area contributed by atoms with Gasteiger partial charge in [0.15, 0.2) is 0 Å². The molecule has 0 spiro atoms. The van der Waals surface area contributed by atoms with Crippen molar-refractivity contribution in [2.24, 2.45) is 11.8 Å². The predicted molar refractivity (Wildman–Crippen MR) is 118 cm³/mol. The van der Waals surface area contributed by atoms with Crippen LogP contribution >= 0.6 is 0 Å². The molecule has 4 rings (SSSR count). The molecule has 1 saturated heterocycles. The summed E-state index contributed by atoms with van der Waals surface area (Å²) in [6.07, 6.45) is 1.13. The van der Waals surface area contributed by atoms with Crippen LogP contribution in [0, 0.1) is 11.8 Å². The van der Waals surface area contributed by atoms with Crippen LogP contribution in [0.4, 0.5) is 0 Å². The number of nitrogens with zero attached hydrogens (tertiary/aromatic N) is 2. The lowest BCUT2D eigenvalue weighted by molar-refractivity contribution is 0.0963. The first-order valence-corrected chi connectivity index (χ1v) is 10.8. The average molecular weight is 410 g/mol. The molecular formula is C24H31N3O3. The fourth-order valence-corrected chi connectivity index (χ4v) is 5.10. The van der Waals surface area contributed by atoms with Crippen LogP contribution < -0.4 is 15.6 Å². The maximum atomic E-state index is 13.1. The number of amides is 1. The monoisotopic (exact) mass is 409 g/mol. The summed E-state index contributed by atoms with van der Waals surface area (Å²) < 4.78 is 7.51. The summed E-state index contributed by atoms with van der Waals surface area (Å²) in [5.74, 6) is 2.02. The molecule has 2 aromatic rings. The van der Waals surface area contributed by atoms with E-state index in [2.05, 4.69) is 30.1 Å². The minimum Gasteiger partial charge on any atom is -0.496 e. The first kappa shape index (κ1) is 20.7. The van der Waals surface area contributed by atoms with Crippen molar-refractivity contribution in [3.8, 4) is 16.9 Å². The van der Waals surface area contributed by atoms with Crippen LogP contribution in [0.1, 0.15) is 42.2 Å². The van der Waals surface area contributed by atoms with E-state index in [1.165, 1.54) is 0 Å². The number of aromatic nitrogens is 1. The van der Waals surface area contributed by atoms with Crippen molar-refractivity contribution in [2.75, 3.05) is 33.8 Å². The largest absolute Gasteiger partial charge is 0.496 e. The van der Waals surface area contributed by atoms with Crippen molar-refractivity contribution in [3.63, 3.8) is 0 Å². The molecule has 3 heterocycles. The highest BCUT2D eigenvalue weighted by Gasteiger charge is 2.35. The molecule has 30 heavy (non-hydrogen) atoms. The van der Waals surface area contributed by atoms with E-state index in [0.29, 0.717) is 29.1 Å². The van der Waals surface area contributed by atoms with Gasteiger partial charge in [0.05, 0.1) is 7.11 Å². The third kappa shape index (κ3) is 3.88. The highest BCUT2D eigenvalue weighted by Crippen LogP contribution is 2.38. The van der Waals surface area contributed by atoms with Crippen LogP contribution in [0.15, 0.2) is 35.1 Å². The Labute approximate surface area is 177 Å². The number of carbonyl (C=O) groups excluding carboxylic acids is 1. The van der Waals surface area contributed by atoms with E-state index >= 15 is 0 Å². The first-order chi connectivity index (χ1) is 14.4. The van der Waals surface area contributed by atoms with Crippen molar-refractivity contribution in [3.05, 3.63) is 51.9 Å². The second-order valence-electron chi connectivity index (χ2n) is 9.02. The van der Waals surface area contributed by atoms with Crippen molar-refractivity contribution in [2.45, 2.75) is 32.7 Å². The van der Waals surface area contributed by atoms with Crippen LogP contribution in [-0.4, -0.2) is 49.2 Å². The summed E-state index contributed by atoms with van der Waals surface area (Å²) in [6.45, 7) is 8.46. The Morgan fingerprint density at radius 1 is 1.20 bits per heavy atom. The molecule has 0 unspecified atom stereocenters. The Hall–Kier alpha value is -2.60. The van der Waals surface area contributed by atoms with E-state index in [-0.39, 0.29) is 11.5 Å². The molecule has 0 saturated carbocycles. The maximum Gasteiger partial charge on any atom is 0.251 e. The van der Waals surface area contributed by atoms with E-state index in [0.717, 1.165) is 49.4 Å². The van der Waals surface area contributed by atoms with Gasteiger partial charge in [-0.15, -0.1) is 0 Å². The SMILES string of the molecule is CNC(=O)c1ccc(OC)c(-c2cc3n(c(=O)c2)C[C@H]2C[C@@H]3CN(CC(C)C)C2)c1. The van der Waals surface area contributed by atoms with Gasteiger partial charge in [-0.3, -0.25) is 9.59 Å². The number of ether oxygens (including phenoxy) is 1. The van der Waals surface area contributed by atoms with Gasteiger partial charge in [0, 0.05) is 62.0 Å². The van der Waals surface area contributed by atoms with Crippen LogP contribution in [0.2, 0.25) is 0 Å². The van der Waals surface area contributed by atoms with Crippen LogP contribution in [0.25, 0.3) is 11.1 Å². The van der Waals surface area contributed by atoms with E-state index in [9.17, 15) is 9.59 Å². The van der Waals surface area contributed by atoms with E-state index < -0.39 is 0 Å². The Balaban J connectivity index is 1.76. The third-order valence-electron chi connectivity index (χ3n) is 6.26. The Morgan fingerprint density at radius 2 is 2.00 bits per heavy atom. The van der Waals surface area contributed by atoms with Gasteiger partial charge >= 0.3 is 0 Å². The Morgan fingerprint density at radius 3 is 2.70 bits per heavy atom. The summed E-state index contributed by atoms with van der Waals surface area (Å²) in [6, 6.07) is 9.15. The summed E-state index contributed by atoms with van der Waals surface area (Å²) in [4.78, 5) is 27.7. The molecule has 160 valence electrons. The van der Waals surface area contributed by atoms with Crippen LogP contribution in [0.3, 0.4) is 0 Å². The number of methoxy groups -OCH3 is 1. The van der Waals surface area contributed by atoms with Gasteiger partial charge in [0.1, 0.15) is 5.75 Å². The molecule has 0 aliphatic carbocycles. The molecule has 2 atom stereocenters. The number of nitrogens with one attached hydrogen (secondary N) is 1. The number of piperidine rings is 1. The van der Waals surface area contributed by atoms with Gasteiger partial charge in [-0.25, -0.2) is 0 Å². The number of likely N-dealkylation sites (tertiary alicyclic amines) is 1. The van der Waals surface area contributed by atoms with Crippen LogP contribution in [0.5, 0.6) is 5.75 Å². The third-order valence-corrected chi connectivity index (χ3v) is 6.26. The van der Waals surface area contributed by atoms with E-state index in [4.69, 9.17) is 4.74 Å². The zero-order valence-electron chi connectivity index (χ0n) is 18.3. The first-order valence-electron chi connectivity index (χ1n) is 10.8. The Bertz CT molecular complexity index is 1010. The average Bonchev–Trinajstić information content (AvgIpc) is 2.72. The summed E-state index contributed by atoms with van der Waals surface area (Å²) in [7, 11) is 3.22. The fraction of sp³-hybridized carbons (Fsp3) is 0.500. The number of hydrogen-bond acceptors (Lipinski definition) is 4. The number of benzene rings is 1. The lowest BCUT2D eigenvalue weighted by Gasteiger charge is -2.43. The van der Waals surface area contributed by atoms with Crippen molar-refractivity contribution >= 4 is 5.91 Å². The lowest BCUT2D eigenvalue weighted by Crippen LogP contribution is -2.48. The minimum atomic E-state index is -0.159. The molecule has 6 nitrogen and oxygen atoms in total. The number of pyridine rings is 1. The molecular weight excluding hydrogens is 378 g/mol. The molecule has 2 bridgehead atoms. The number of hydrogen-bond donors (Lipinski definition) is 1. The second-order valence-corrected chi connectivity index (χ2v) is 9.02. The minimum absolute atomic E-state index is 0.0295. The lowest BCUT2D eigenvalue weighted by atomic mass is 9.82. The summed E-state index contributed by atoms with van der Waals surface area (Å²) >= 11 is 0. The quantitative estimate of drug-likeness (QED) is 0.825. The maximum absolute atomic E-state index is 13.1. The molecule has 2 aliphatic heterocycles. The molecule has 1 aromatic heterocycles. The molecule has 1 aromatic carbocycles. The number of carbonyl (C=O) groups is 1. The van der Waals surface area contributed by atoms with Crippen LogP contribution in [-0.2, 0) is 6.54 Å². The zero-order valence-corrected chi connectivity index (χ0v) is 18.3. The summed E-state index contributed by atoms with van der Waals surface area (Å²) in [5.41, 5.74) is 3.27. The molecule has 2 aliphatic rings. The molecule has 1 amide bonds. The highest BCUT2D eigenvalue weighted by atomic mass is 16.5. The molecule has 6 heteroatoms. The predicted octanol–water partition coefficient (Wildman–Crippen LogP) is 2.96. The van der Waals surface area contributed by atoms with Gasteiger partial charge in [0.2, 0.25) is 0 Å². The Kier molecular flexibility index (Phi) is 5.69. The normalized spacial score (nSPS) is 20.7. The topological polar surface area (TPSA) is 63.6 Å². The van der Waals surface area contributed by atoms with E-state index in [1.54, 1.807) is 38.4 Å². The van der Waals surface area contributed by atoms with Gasteiger partial charge < -0.3 is 19.5 Å².